The number of carboxylic acids is 1. The van der Waals surface area contributed by atoms with Gasteiger partial charge < -0.3 is 5.11 Å². The van der Waals surface area contributed by atoms with Gasteiger partial charge in [0.25, 0.3) is 0 Å². The number of hydrogen-bond acceptors (Lipinski definition) is 3. The van der Waals surface area contributed by atoms with Crippen LogP contribution in [0.2, 0.25) is 0 Å². The van der Waals surface area contributed by atoms with E-state index in [1.807, 2.05) is 18.7 Å². The predicted octanol–water partition coefficient (Wildman–Crippen LogP) is 2.13. The van der Waals surface area contributed by atoms with Crippen LogP contribution in [0, 0.1) is 0 Å². The van der Waals surface area contributed by atoms with E-state index in [0.29, 0.717) is 17.7 Å². The van der Waals surface area contributed by atoms with Gasteiger partial charge in [0.1, 0.15) is 0 Å². The Labute approximate surface area is 92.9 Å². The summed E-state index contributed by atoms with van der Waals surface area (Å²) in [4.78, 5) is 15.5. The molecule has 15 heavy (non-hydrogen) atoms. The van der Waals surface area contributed by atoms with Gasteiger partial charge in [0.05, 0.1) is 11.3 Å². The third kappa shape index (κ3) is 2.00. The molecule has 0 saturated heterocycles. The first kappa shape index (κ1) is 10.5. The van der Waals surface area contributed by atoms with Crippen LogP contribution < -0.4 is 0 Å². The fourth-order valence-electron chi connectivity index (χ4n) is 1.78. The Balaban J connectivity index is 2.51. The second-order valence-electron chi connectivity index (χ2n) is 3.55. The largest absolute Gasteiger partial charge is 0.478 e. The van der Waals surface area contributed by atoms with E-state index in [2.05, 4.69) is 4.98 Å². The molecule has 0 saturated carbocycles. The van der Waals surface area contributed by atoms with E-state index in [9.17, 15) is 4.79 Å². The van der Waals surface area contributed by atoms with Crippen molar-refractivity contribution < 1.29 is 9.90 Å². The Bertz CT molecular complexity index is 404. The number of hydrogen-bond donors (Lipinski definition) is 1. The molecule has 1 aromatic heterocycles. The number of carbonyl (C=O) groups is 1. The number of fused-ring (bicyclic) bond motifs is 1. The van der Waals surface area contributed by atoms with Crippen LogP contribution in [0.15, 0.2) is 6.07 Å². The molecule has 0 aromatic carbocycles. The first-order chi connectivity index (χ1) is 7.22. The monoisotopic (exact) mass is 223 g/mol. The van der Waals surface area contributed by atoms with Crippen LogP contribution >= 0.6 is 11.8 Å². The van der Waals surface area contributed by atoms with Crippen molar-refractivity contribution in [2.75, 3.05) is 5.75 Å². The zero-order valence-electron chi connectivity index (χ0n) is 8.62. The average Bonchev–Trinajstić information content (AvgIpc) is 2.27. The molecule has 0 aliphatic carbocycles. The van der Waals surface area contributed by atoms with Gasteiger partial charge in [0.2, 0.25) is 0 Å². The van der Waals surface area contributed by atoms with Gasteiger partial charge >= 0.3 is 5.97 Å². The van der Waals surface area contributed by atoms with Crippen molar-refractivity contribution in [2.24, 2.45) is 0 Å². The number of nitrogens with zero attached hydrogens (tertiary/aromatic N) is 1. The topological polar surface area (TPSA) is 50.2 Å². The maximum Gasteiger partial charge on any atom is 0.337 e. The quantitative estimate of drug-likeness (QED) is 0.834. The van der Waals surface area contributed by atoms with Crippen molar-refractivity contribution >= 4 is 17.7 Å². The lowest BCUT2D eigenvalue weighted by Gasteiger charge is -2.16. The first-order valence-electron chi connectivity index (χ1n) is 5.05. The fraction of sp³-hybridized carbons (Fsp3) is 0.455. The van der Waals surface area contributed by atoms with E-state index in [-0.39, 0.29) is 0 Å². The summed E-state index contributed by atoms with van der Waals surface area (Å²) >= 11 is 1.84. The summed E-state index contributed by atoms with van der Waals surface area (Å²) in [5.41, 5.74) is 3.28. The third-order valence-corrected chi connectivity index (χ3v) is 3.58. The molecule has 2 rings (SSSR count). The molecule has 3 nitrogen and oxygen atoms in total. The highest BCUT2D eigenvalue weighted by atomic mass is 32.2. The van der Waals surface area contributed by atoms with Crippen molar-refractivity contribution in [3.63, 3.8) is 0 Å². The molecule has 0 atom stereocenters. The Kier molecular flexibility index (Phi) is 2.95. The molecule has 1 aliphatic rings. The predicted molar refractivity (Wildman–Crippen MR) is 60.4 cm³/mol. The molecule has 4 heteroatoms. The van der Waals surface area contributed by atoms with E-state index in [1.54, 1.807) is 6.07 Å². The molecular formula is C11H13NO2S. The van der Waals surface area contributed by atoms with Crippen LogP contribution in [0.5, 0.6) is 0 Å². The maximum absolute atomic E-state index is 11.0. The van der Waals surface area contributed by atoms with E-state index in [0.717, 1.165) is 29.2 Å². The number of carboxylic acid groups (broad SMARTS) is 1. The number of pyridine rings is 1. The highest BCUT2D eigenvalue weighted by Crippen LogP contribution is 2.25. The Morgan fingerprint density at radius 1 is 1.67 bits per heavy atom. The molecular weight excluding hydrogens is 210 g/mol. The lowest BCUT2D eigenvalue weighted by Crippen LogP contribution is -2.12. The second kappa shape index (κ2) is 4.23. The molecule has 2 heterocycles. The molecule has 1 aliphatic heterocycles. The standard InChI is InChI=1S/C11H13NO2S/c1-2-9-8(11(13)14)5-7-6-15-4-3-10(7)12-9/h5H,2-4,6H2,1H3,(H,13,14). The van der Waals surface area contributed by atoms with Gasteiger partial charge in [-0.15, -0.1) is 0 Å². The molecule has 0 unspecified atom stereocenters. The molecule has 0 radical (unpaired) electrons. The maximum atomic E-state index is 11.0. The van der Waals surface area contributed by atoms with Gasteiger partial charge in [0, 0.05) is 11.4 Å². The lowest BCUT2D eigenvalue weighted by molar-refractivity contribution is 0.0695. The van der Waals surface area contributed by atoms with Crippen LogP contribution in [0.3, 0.4) is 0 Å². The van der Waals surface area contributed by atoms with E-state index < -0.39 is 5.97 Å². The summed E-state index contributed by atoms with van der Waals surface area (Å²) < 4.78 is 0. The van der Waals surface area contributed by atoms with Crippen molar-refractivity contribution in [3.05, 3.63) is 28.6 Å². The van der Waals surface area contributed by atoms with Gasteiger partial charge in [-0.3, -0.25) is 4.98 Å². The summed E-state index contributed by atoms with van der Waals surface area (Å²) in [5, 5.41) is 9.05. The minimum Gasteiger partial charge on any atom is -0.478 e. The SMILES string of the molecule is CCc1nc2c(cc1C(=O)O)CSCC2. The average molecular weight is 223 g/mol. The van der Waals surface area contributed by atoms with E-state index in [1.165, 1.54) is 0 Å². The molecule has 0 bridgehead atoms. The molecule has 0 spiro atoms. The summed E-state index contributed by atoms with van der Waals surface area (Å²) in [5.74, 6) is 1.13. The van der Waals surface area contributed by atoms with Gasteiger partial charge in [-0.05, 0) is 30.2 Å². The Morgan fingerprint density at radius 2 is 2.47 bits per heavy atom. The van der Waals surface area contributed by atoms with Crippen molar-refractivity contribution in [2.45, 2.75) is 25.5 Å². The van der Waals surface area contributed by atoms with Gasteiger partial charge in [-0.2, -0.15) is 11.8 Å². The Hall–Kier alpha value is -1.03. The van der Waals surface area contributed by atoms with E-state index >= 15 is 0 Å². The smallest absolute Gasteiger partial charge is 0.337 e. The summed E-state index contributed by atoms with van der Waals surface area (Å²) in [6.07, 6.45) is 1.65. The normalized spacial score (nSPS) is 14.7. The minimum atomic E-state index is -0.863. The van der Waals surface area contributed by atoms with Crippen LogP contribution in [0.1, 0.15) is 34.2 Å². The molecule has 1 N–H and O–H groups in total. The number of rotatable bonds is 2. The molecule has 1 aromatic rings. The first-order valence-corrected chi connectivity index (χ1v) is 6.20. The highest BCUT2D eigenvalue weighted by Gasteiger charge is 2.17. The third-order valence-electron chi connectivity index (χ3n) is 2.58. The number of aromatic carboxylic acids is 1. The van der Waals surface area contributed by atoms with Crippen molar-refractivity contribution in [1.29, 1.82) is 0 Å². The number of aromatic nitrogens is 1. The van der Waals surface area contributed by atoms with E-state index in [4.69, 9.17) is 5.11 Å². The van der Waals surface area contributed by atoms with Crippen molar-refractivity contribution in [3.8, 4) is 0 Å². The van der Waals surface area contributed by atoms with Crippen LogP contribution in [-0.4, -0.2) is 21.8 Å². The fourth-order valence-corrected chi connectivity index (χ4v) is 2.73. The highest BCUT2D eigenvalue weighted by molar-refractivity contribution is 7.98. The molecule has 0 amide bonds. The van der Waals surface area contributed by atoms with Crippen LogP contribution in [-0.2, 0) is 18.6 Å². The number of aryl methyl sites for hydroxylation is 2. The second-order valence-corrected chi connectivity index (χ2v) is 4.65. The summed E-state index contributed by atoms with van der Waals surface area (Å²) in [6, 6.07) is 1.80. The lowest BCUT2D eigenvalue weighted by atomic mass is 10.1. The molecule has 0 fully saturated rings. The Morgan fingerprint density at radius 3 is 3.13 bits per heavy atom. The van der Waals surface area contributed by atoms with Gasteiger partial charge in [-0.25, -0.2) is 4.79 Å². The summed E-state index contributed by atoms with van der Waals surface area (Å²) in [6.45, 7) is 1.94. The summed E-state index contributed by atoms with van der Waals surface area (Å²) in [7, 11) is 0. The zero-order valence-corrected chi connectivity index (χ0v) is 9.43. The van der Waals surface area contributed by atoms with Gasteiger partial charge in [0.15, 0.2) is 0 Å². The molecule has 80 valence electrons. The minimum absolute atomic E-state index is 0.374. The zero-order chi connectivity index (χ0) is 10.8. The van der Waals surface area contributed by atoms with Crippen LogP contribution in [0.25, 0.3) is 0 Å². The van der Waals surface area contributed by atoms with Crippen LogP contribution in [0.4, 0.5) is 0 Å². The van der Waals surface area contributed by atoms with Gasteiger partial charge in [-0.1, -0.05) is 6.92 Å². The number of thioether (sulfide) groups is 1. The van der Waals surface area contributed by atoms with Crippen molar-refractivity contribution in [1.82, 2.24) is 4.98 Å².